The number of nitrogens with zero attached hydrogens (tertiary/aromatic N) is 3. The van der Waals surface area contributed by atoms with Crippen molar-refractivity contribution < 1.29 is 14.0 Å². The van der Waals surface area contributed by atoms with E-state index >= 15 is 0 Å². The van der Waals surface area contributed by atoms with E-state index in [4.69, 9.17) is 4.42 Å². The molecule has 0 atom stereocenters. The van der Waals surface area contributed by atoms with Gasteiger partial charge < -0.3 is 24.1 Å². The molecule has 1 aliphatic heterocycles. The van der Waals surface area contributed by atoms with Crippen molar-refractivity contribution in [2.75, 3.05) is 29.9 Å². The summed E-state index contributed by atoms with van der Waals surface area (Å²) in [6, 6.07) is 9.43. The third-order valence-corrected chi connectivity index (χ3v) is 6.07. The molecule has 1 aromatic carbocycles. The van der Waals surface area contributed by atoms with Crippen LogP contribution in [0, 0.1) is 5.41 Å². The number of amides is 2. The molecule has 2 amide bonds. The number of benzene rings is 1. The summed E-state index contributed by atoms with van der Waals surface area (Å²) in [5.41, 5.74) is 1.54. The quantitative estimate of drug-likeness (QED) is 0.474. The van der Waals surface area contributed by atoms with Gasteiger partial charge in [0, 0.05) is 44.8 Å². The van der Waals surface area contributed by atoms with Gasteiger partial charge in [-0.3, -0.25) is 14.4 Å². The molecule has 0 radical (unpaired) electrons. The Bertz CT molecular complexity index is 1240. The monoisotopic (exact) mass is 436 g/mol. The second kappa shape index (κ2) is 8.27. The van der Waals surface area contributed by atoms with Crippen LogP contribution in [-0.4, -0.2) is 36.5 Å². The van der Waals surface area contributed by atoms with Crippen LogP contribution < -0.4 is 20.7 Å². The fraction of sp³-hybridized carbons (Fsp3) is 0.375. The van der Waals surface area contributed by atoms with Gasteiger partial charge in [-0.1, -0.05) is 6.07 Å². The van der Waals surface area contributed by atoms with Crippen LogP contribution in [0.4, 0.5) is 11.4 Å². The second-order valence-corrected chi connectivity index (χ2v) is 8.56. The number of carbonyl (C=O) groups excluding carboxylic acids is 2. The molecule has 3 heterocycles. The molecule has 0 saturated carbocycles. The Balaban J connectivity index is 1.48. The maximum absolute atomic E-state index is 13.0. The molecule has 8 heteroatoms. The standard InChI is InChI=1S/C24H28N4O4/c1-5-28-18-7-6-16(14-19(18)26(4)22(30)24(2,3)23(28)31)15-25-10-12-27-11-8-17-9-13-32-20(17)21(27)29/h6-9,11,13-14,25H,5,10,12,15H2,1-4H3. The van der Waals surface area contributed by atoms with E-state index in [1.807, 2.05) is 31.2 Å². The van der Waals surface area contributed by atoms with Crippen molar-refractivity contribution in [2.24, 2.45) is 5.41 Å². The molecule has 3 aromatic rings. The molecule has 0 unspecified atom stereocenters. The molecule has 1 N–H and O–H groups in total. The zero-order chi connectivity index (χ0) is 23.0. The third kappa shape index (κ3) is 3.60. The third-order valence-electron chi connectivity index (χ3n) is 6.07. The number of furan rings is 1. The highest BCUT2D eigenvalue weighted by molar-refractivity contribution is 6.19. The van der Waals surface area contributed by atoms with E-state index in [0.717, 1.165) is 22.3 Å². The second-order valence-electron chi connectivity index (χ2n) is 8.56. The summed E-state index contributed by atoms with van der Waals surface area (Å²) in [4.78, 5) is 41.6. The van der Waals surface area contributed by atoms with Gasteiger partial charge in [-0.25, -0.2) is 0 Å². The van der Waals surface area contributed by atoms with Crippen LogP contribution in [0.25, 0.3) is 11.0 Å². The molecule has 0 fully saturated rings. The van der Waals surface area contributed by atoms with E-state index in [1.165, 1.54) is 6.26 Å². The molecule has 0 spiro atoms. The number of fused-ring (bicyclic) bond motifs is 2. The number of aromatic nitrogens is 1. The van der Waals surface area contributed by atoms with Crippen molar-refractivity contribution in [2.45, 2.75) is 33.9 Å². The summed E-state index contributed by atoms with van der Waals surface area (Å²) in [6.07, 6.45) is 3.28. The van der Waals surface area contributed by atoms with Gasteiger partial charge in [0.25, 0.3) is 5.56 Å². The molecule has 1 aliphatic rings. The summed E-state index contributed by atoms with van der Waals surface area (Å²) >= 11 is 0. The van der Waals surface area contributed by atoms with Gasteiger partial charge in [0.1, 0.15) is 5.41 Å². The van der Waals surface area contributed by atoms with Crippen molar-refractivity contribution >= 4 is 34.2 Å². The molecular weight excluding hydrogens is 408 g/mol. The van der Waals surface area contributed by atoms with Crippen LogP contribution in [0.3, 0.4) is 0 Å². The first-order valence-electron chi connectivity index (χ1n) is 10.8. The van der Waals surface area contributed by atoms with Crippen molar-refractivity contribution in [3.05, 3.63) is 58.7 Å². The maximum atomic E-state index is 13.0. The first-order valence-corrected chi connectivity index (χ1v) is 10.8. The van der Waals surface area contributed by atoms with Gasteiger partial charge in [-0.2, -0.15) is 0 Å². The Labute approximate surface area is 186 Å². The topological polar surface area (TPSA) is 87.8 Å². The van der Waals surface area contributed by atoms with Gasteiger partial charge in [0.15, 0.2) is 5.58 Å². The van der Waals surface area contributed by atoms with Crippen LogP contribution in [0.15, 0.2) is 52.0 Å². The predicted molar refractivity (Wildman–Crippen MR) is 124 cm³/mol. The normalized spacial score (nSPS) is 15.9. The van der Waals surface area contributed by atoms with E-state index in [1.54, 1.807) is 47.5 Å². The van der Waals surface area contributed by atoms with Crippen molar-refractivity contribution in [1.82, 2.24) is 9.88 Å². The molecule has 0 aliphatic carbocycles. The largest absolute Gasteiger partial charge is 0.459 e. The Kier molecular flexibility index (Phi) is 5.64. The van der Waals surface area contributed by atoms with Gasteiger partial charge in [0.2, 0.25) is 11.8 Å². The Morgan fingerprint density at radius 2 is 1.81 bits per heavy atom. The average Bonchev–Trinajstić information content (AvgIpc) is 3.26. The molecule has 0 bridgehead atoms. The fourth-order valence-corrected chi connectivity index (χ4v) is 4.16. The summed E-state index contributed by atoms with van der Waals surface area (Å²) in [5.74, 6) is -0.419. The summed E-state index contributed by atoms with van der Waals surface area (Å²) < 4.78 is 6.89. The zero-order valence-electron chi connectivity index (χ0n) is 18.8. The summed E-state index contributed by atoms with van der Waals surface area (Å²) in [5, 5.41) is 4.14. The number of rotatable bonds is 6. The highest BCUT2D eigenvalue weighted by Gasteiger charge is 2.45. The van der Waals surface area contributed by atoms with Gasteiger partial charge >= 0.3 is 0 Å². The summed E-state index contributed by atoms with van der Waals surface area (Å²) in [6.45, 7) is 7.40. The molecule has 4 rings (SSSR count). The smallest absolute Gasteiger partial charge is 0.294 e. The lowest BCUT2D eigenvalue weighted by Crippen LogP contribution is -2.47. The Morgan fingerprint density at radius 3 is 2.56 bits per heavy atom. The minimum atomic E-state index is -1.12. The van der Waals surface area contributed by atoms with E-state index in [2.05, 4.69) is 5.32 Å². The van der Waals surface area contributed by atoms with E-state index in [9.17, 15) is 14.4 Å². The fourth-order valence-electron chi connectivity index (χ4n) is 4.16. The minimum absolute atomic E-state index is 0.147. The van der Waals surface area contributed by atoms with Crippen LogP contribution >= 0.6 is 0 Å². The molecule has 8 nitrogen and oxygen atoms in total. The molecule has 168 valence electrons. The van der Waals surface area contributed by atoms with E-state index in [0.29, 0.717) is 31.8 Å². The van der Waals surface area contributed by atoms with Crippen molar-refractivity contribution in [1.29, 1.82) is 0 Å². The predicted octanol–water partition coefficient (Wildman–Crippen LogP) is 2.74. The number of hydrogen-bond donors (Lipinski definition) is 1. The van der Waals surface area contributed by atoms with Gasteiger partial charge in [-0.15, -0.1) is 0 Å². The molecule has 2 aromatic heterocycles. The van der Waals surface area contributed by atoms with Gasteiger partial charge in [0.05, 0.1) is 17.6 Å². The highest BCUT2D eigenvalue weighted by Crippen LogP contribution is 2.38. The SMILES string of the molecule is CCN1C(=O)C(C)(C)C(=O)N(C)c2cc(CNCCn3ccc4ccoc4c3=O)ccc21. The number of nitrogens with one attached hydrogen (secondary N) is 1. The lowest BCUT2D eigenvalue weighted by molar-refractivity contribution is -0.137. The number of pyridine rings is 1. The highest BCUT2D eigenvalue weighted by atomic mass is 16.3. The van der Waals surface area contributed by atoms with Crippen LogP contribution in [0.2, 0.25) is 0 Å². The van der Waals surface area contributed by atoms with Crippen LogP contribution in [0.1, 0.15) is 26.3 Å². The van der Waals surface area contributed by atoms with Crippen LogP contribution in [0.5, 0.6) is 0 Å². The number of hydrogen-bond acceptors (Lipinski definition) is 5. The number of carbonyl (C=O) groups is 2. The Hall–Kier alpha value is -3.39. The molecule has 32 heavy (non-hydrogen) atoms. The van der Waals surface area contributed by atoms with Crippen molar-refractivity contribution in [3.63, 3.8) is 0 Å². The Morgan fingerprint density at radius 1 is 1.03 bits per heavy atom. The first-order chi connectivity index (χ1) is 15.3. The number of anilines is 2. The van der Waals surface area contributed by atoms with Gasteiger partial charge in [-0.05, 0) is 50.6 Å². The van der Waals surface area contributed by atoms with Crippen molar-refractivity contribution in [3.8, 4) is 0 Å². The average molecular weight is 437 g/mol. The molecule has 0 saturated heterocycles. The lowest BCUT2D eigenvalue weighted by atomic mass is 9.90. The first kappa shape index (κ1) is 21.8. The summed E-state index contributed by atoms with van der Waals surface area (Å²) in [7, 11) is 1.71. The lowest BCUT2D eigenvalue weighted by Gasteiger charge is -2.27. The van der Waals surface area contributed by atoms with E-state index in [-0.39, 0.29) is 17.4 Å². The zero-order valence-corrected chi connectivity index (χ0v) is 18.8. The molecular formula is C24H28N4O4. The minimum Gasteiger partial charge on any atom is -0.459 e. The van der Waals surface area contributed by atoms with Crippen LogP contribution in [-0.2, 0) is 22.7 Å². The maximum Gasteiger partial charge on any atom is 0.294 e. The van der Waals surface area contributed by atoms with E-state index < -0.39 is 5.41 Å².